The number of aryl methyl sites for hydroxylation is 5. The Morgan fingerprint density at radius 2 is 1.25 bits per heavy atom. The molecule has 6 aromatic carbocycles. The summed E-state index contributed by atoms with van der Waals surface area (Å²) in [5.41, 5.74) is 21.9. The Kier molecular flexibility index (Phi) is 6.24. The molecule has 1 atom stereocenters. The van der Waals surface area contributed by atoms with Crippen LogP contribution in [0.2, 0.25) is 0 Å². The molecule has 0 radical (unpaired) electrons. The molecule has 0 N–H and O–H groups in total. The molecule has 2 aliphatic heterocycles. The molecule has 2 aliphatic rings. The zero-order chi connectivity index (χ0) is 33.0. The van der Waals surface area contributed by atoms with E-state index in [0.717, 1.165) is 6.42 Å². The SMILES string of the molecule is CCc1cccc(N2c3cccc4c3N(c3c(C)ccc5c6cc(C)ccc6n(c35)-c3cccc(C)c3-c3cccc(C)c3-4)[C@@H]2C)c1C. The van der Waals surface area contributed by atoms with Crippen LogP contribution < -0.4 is 9.80 Å². The molecule has 0 amide bonds. The van der Waals surface area contributed by atoms with Gasteiger partial charge in [-0.05, 0) is 117 Å². The predicted octanol–water partition coefficient (Wildman–Crippen LogP) is 12.2. The van der Waals surface area contributed by atoms with Crippen LogP contribution in [0.25, 0.3) is 49.7 Å². The van der Waals surface area contributed by atoms with Crippen LogP contribution >= 0.6 is 0 Å². The van der Waals surface area contributed by atoms with Gasteiger partial charge in [0.05, 0.1) is 33.8 Å². The molecule has 0 saturated heterocycles. The quantitative estimate of drug-likeness (QED) is 0.190. The molecule has 0 fully saturated rings. The van der Waals surface area contributed by atoms with Crippen LogP contribution in [0.1, 0.15) is 47.2 Å². The van der Waals surface area contributed by atoms with Crippen molar-refractivity contribution >= 4 is 44.6 Å². The van der Waals surface area contributed by atoms with Crippen molar-refractivity contribution < 1.29 is 0 Å². The molecule has 0 unspecified atom stereocenters. The number of aromatic nitrogens is 1. The van der Waals surface area contributed by atoms with Gasteiger partial charge in [-0.3, -0.25) is 0 Å². The highest BCUT2D eigenvalue weighted by molar-refractivity contribution is 6.17. The van der Waals surface area contributed by atoms with Crippen molar-refractivity contribution in [2.75, 3.05) is 9.80 Å². The van der Waals surface area contributed by atoms with E-state index in [2.05, 4.69) is 166 Å². The molecular formula is C45H41N3. The maximum absolute atomic E-state index is 2.67. The van der Waals surface area contributed by atoms with Crippen LogP contribution in [0.15, 0.2) is 103 Å². The molecular weight excluding hydrogens is 583 g/mol. The Morgan fingerprint density at radius 1 is 0.562 bits per heavy atom. The molecule has 3 heterocycles. The Balaban J connectivity index is 1.53. The summed E-state index contributed by atoms with van der Waals surface area (Å²) in [6, 6.07) is 39.1. The first kappa shape index (κ1) is 28.9. The number of benzene rings is 6. The first-order valence-electron chi connectivity index (χ1n) is 17.3. The average molecular weight is 624 g/mol. The fourth-order valence-corrected chi connectivity index (χ4v) is 8.91. The summed E-state index contributed by atoms with van der Waals surface area (Å²) in [5, 5.41) is 2.59. The largest absolute Gasteiger partial charge is 0.318 e. The number of rotatable bonds is 2. The van der Waals surface area contributed by atoms with Crippen molar-refractivity contribution in [3.8, 4) is 27.9 Å². The Morgan fingerprint density at radius 3 is 2.06 bits per heavy atom. The van der Waals surface area contributed by atoms with Crippen molar-refractivity contribution in [3.05, 3.63) is 137 Å². The zero-order valence-electron chi connectivity index (χ0n) is 28.9. The second-order valence-corrected chi connectivity index (χ2v) is 13.9. The second-order valence-electron chi connectivity index (χ2n) is 13.9. The molecule has 0 spiro atoms. The van der Waals surface area contributed by atoms with Crippen LogP contribution in [0.4, 0.5) is 22.7 Å². The molecule has 3 heteroatoms. The fraction of sp³-hybridized carbons (Fsp3) is 0.200. The van der Waals surface area contributed by atoms with Crippen LogP contribution in [0.5, 0.6) is 0 Å². The van der Waals surface area contributed by atoms with Crippen LogP contribution in [0, 0.1) is 34.6 Å². The highest BCUT2D eigenvalue weighted by Gasteiger charge is 2.41. The zero-order valence-corrected chi connectivity index (χ0v) is 28.9. The molecule has 9 rings (SSSR count). The molecule has 3 nitrogen and oxygen atoms in total. The fourth-order valence-electron chi connectivity index (χ4n) is 8.91. The lowest BCUT2D eigenvalue weighted by Gasteiger charge is -2.34. The number of para-hydroxylation sites is 1. The first-order valence-corrected chi connectivity index (χ1v) is 17.3. The number of fused-ring (bicyclic) bond motifs is 9. The van der Waals surface area contributed by atoms with Crippen LogP contribution in [0.3, 0.4) is 0 Å². The maximum Gasteiger partial charge on any atom is 0.108 e. The van der Waals surface area contributed by atoms with E-state index >= 15 is 0 Å². The number of hydrogen-bond acceptors (Lipinski definition) is 2. The minimum Gasteiger partial charge on any atom is -0.318 e. The van der Waals surface area contributed by atoms with Gasteiger partial charge in [0.2, 0.25) is 0 Å². The van der Waals surface area contributed by atoms with E-state index in [9.17, 15) is 0 Å². The summed E-state index contributed by atoms with van der Waals surface area (Å²) in [6.07, 6.45) is 1.05. The summed E-state index contributed by atoms with van der Waals surface area (Å²) in [4.78, 5) is 5.26. The van der Waals surface area contributed by atoms with Gasteiger partial charge in [-0.1, -0.05) is 85.3 Å². The Hall–Kier alpha value is -5.28. The van der Waals surface area contributed by atoms with Crippen molar-refractivity contribution in [1.29, 1.82) is 0 Å². The Labute approximate surface area is 283 Å². The minimum absolute atomic E-state index is 0.0355. The third kappa shape index (κ3) is 3.76. The summed E-state index contributed by atoms with van der Waals surface area (Å²) >= 11 is 0. The molecule has 1 aromatic heterocycles. The molecule has 236 valence electrons. The van der Waals surface area contributed by atoms with Gasteiger partial charge in [-0.2, -0.15) is 0 Å². The van der Waals surface area contributed by atoms with Gasteiger partial charge in [0.15, 0.2) is 0 Å². The van der Waals surface area contributed by atoms with Gasteiger partial charge < -0.3 is 14.4 Å². The van der Waals surface area contributed by atoms with Gasteiger partial charge in [0.25, 0.3) is 0 Å². The van der Waals surface area contributed by atoms with Crippen molar-refractivity contribution in [1.82, 2.24) is 4.57 Å². The van der Waals surface area contributed by atoms with Crippen molar-refractivity contribution in [2.45, 2.75) is 61.1 Å². The van der Waals surface area contributed by atoms with Gasteiger partial charge in [0.1, 0.15) is 6.17 Å². The predicted molar refractivity (Wildman–Crippen MR) is 205 cm³/mol. The van der Waals surface area contributed by atoms with E-state index in [0.29, 0.717) is 0 Å². The second kappa shape index (κ2) is 10.4. The van der Waals surface area contributed by atoms with E-state index in [1.54, 1.807) is 0 Å². The average Bonchev–Trinajstić information content (AvgIpc) is 3.55. The minimum atomic E-state index is 0.0355. The lowest BCUT2D eigenvalue weighted by Crippen LogP contribution is -2.36. The highest BCUT2D eigenvalue weighted by atomic mass is 15.4. The summed E-state index contributed by atoms with van der Waals surface area (Å²) in [5.74, 6) is 0. The Bertz CT molecular complexity index is 2480. The summed E-state index contributed by atoms with van der Waals surface area (Å²) in [7, 11) is 0. The van der Waals surface area contributed by atoms with E-state index in [4.69, 9.17) is 0 Å². The summed E-state index contributed by atoms with van der Waals surface area (Å²) in [6.45, 7) is 16.0. The van der Waals surface area contributed by atoms with Gasteiger partial charge in [-0.15, -0.1) is 0 Å². The number of nitrogens with zero attached hydrogens (tertiary/aromatic N) is 3. The standard InChI is InChI=1S/C45H41N3/c1-8-32-15-11-18-37(30(32)6)46-31(7)47-43-29(5)22-23-33-36-25-26(2)21-24-38(36)48(45(33)43)39-19-10-14-28(4)42(39)34-16-9-13-27(3)41(34)35-17-12-20-40(46)44(35)47/h9-25,31H,8H2,1-7H3/t31-/m1/s1. The normalized spacial score (nSPS) is 14.8. The molecule has 0 bridgehead atoms. The van der Waals surface area contributed by atoms with E-state index in [1.807, 2.05) is 0 Å². The van der Waals surface area contributed by atoms with Crippen LogP contribution in [-0.2, 0) is 6.42 Å². The van der Waals surface area contributed by atoms with Gasteiger partial charge >= 0.3 is 0 Å². The van der Waals surface area contributed by atoms with Crippen molar-refractivity contribution in [3.63, 3.8) is 0 Å². The smallest absolute Gasteiger partial charge is 0.108 e. The third-order valence-corrected chi connectivity index (χ3v) is 11.1. The number of anilines is 4. The number of hydrogen-bond donors (Lipinski definition) is 0. The van der Waals surface area contributed by atoms with Gasteiger partial charge in [-0.25, -0.2) is 0 Å². The molecule has 0 saturated carbocycles. The van der Waals surface area contributed by atoms with Crippen LogP contribution in [-0.4, -0.2) is 10.7 Å². The van der Waals surface area contributed by atoms with E-state index in [-0.39, 0.29) is 6.17 Å². The molecule has 48 heavy (non-hydrogen) atoms. The monoisotopic (exact) mass is 623 g/mol. The van der Waals surface area contributed by atoms with E-state index < -0.39 is 0 Å². The lowest BCUT2D eigenvalue weighted by molar-refractivity contribution is 0.758. The lowest BCUT2D eigenvalue weighted by atomic mass is 9.86. The third-order valence-electron chi connectivity index (χ3n) is 11.1. The topological polar surface area (TPSA) is 11.4 Å². The van der Waals surface area contributed by atoms with Gasteiger partial charge in [0, 0.05) is 27.6 Å². The maximum atomic E-state index is 2.67. The first-order chi connectivity index (χ1) is 23.3. The molecule has 0 aliphatic carbocycles. The van der Waals surface area contributed by atoms with E-state index in [1.165, 1.54) is 106 Å². The molecule has 7 aromatic rings. The highest BCUT2D eigenvalue weighted by Crippen LogP contribution is 2.57. The summed E-state index contributed by atoms with van der Waals surface area (Å²) < 4.78 is 2.58. The van der Waals surface area contributed by atoms with Crippen molar-refractivity contribution in [2.24, 2.45) is 0 Å².